The Hall–Kier alpha value is -2.50. The fourth-order valence-corrected chi connectivity index (χ4v) is 2.40. The van der Waals surface area contributed by atoms with Gasteiger partial charge in [-0.2, -0.15) is 0 Å². The van der Waals surface area contributed by atoms with E-state index in [0.29, 0.717) is 19.5 Å². The zero-order valence-corrected chi connectivity index (χ0v) is 11.7. The van der Waals surface area contributed by atoms with E-state index in [1.807, 2.05) is 17.0 Å². The van der Waals surface area contributed by atoms with E-state index in [9.17, 15) is 4.79 Å². The average molecular weight is 283 g/mol. The third kappa shape index (κ3) is 3.34. The molecule has 1 saturated heterocycles. The smallest absolute Gasteiger partial charge is 0.227 e. The molecule has 0 aliphatic carbocycles. The van der Waals surface area contributed by atoms with Crippen LogP contribution in [0.15, 0.2) is 43.0 Å². The lowest BCUT2D eigenvalue weighted by Gasteiger charge is -2.34. The molecule has 1 aliphatic heterocycles. The topological polar surface area (TPSA) is 62.2 Å². The maximum Gasteiger partial charge on any atom is 0.227 e. The standard InChI is InChI=1S/C15H17N5O/c21-14(11-13-3-1-4-16-12-13)19-7-9-20(10-8-19)15-17-5-2-6-18-15/h1-6,12H,7-11H2. The molecule has 108 valence electrons. The Morgan fingerprint density at radius 3 is 2.48 bits per heavy atom. The highest BCUT2D eigenvalue weighted by atomic mass is 16.2. The number of anilines is 1. The van der Waals surface area contributed by atoms with Gasteiger partial charge in [0.2, 0.25) is 11.9 Å². The first-order valence-corrected chi connectivity index (χ1v) is 7.01. The van der Waals surface area contributed by atoms with Gasteiger partial charge in [-0.25, -0.2) is 9.97 Å². The van der Waals surface area contributed by atoms with E-state index in [1.165, 1.54) is 0 Å². The summed E-state index contributed by atoms with van der Waals surface area (Å²) in [6.07, 6.45) is 7.35. The quantitative estimate of drug-likeness (QED) is 0.832. The molecule has 21 heavy (non-hydrogen) atoms. The number of pyridine rings is 1. The summed E-state index contributed by atoms with van der Waals surface area (Å²) in [6.45, 7) is 2.94. The molecule has 0 aromatic carbocycles. The van der Waals surface area contributed by atoms with Crippen molar-refractivity contribution < 1.29 is 4.79 Å². The first-order chi connectivity index (χ1) is 10.3. The fourth-order valence-electron chi connectivity index (χ4n) is 2.40. The molecule has 0 unspecified atom stereocenters. The highest BCUT2D eigenvalue weighted by Crippen LogP contribution is 2.11. The molecule has 0 spiro atoms. The maximum absolute atomic E-state index is 12.3. The summed E-state index contributed by atoms with van der Waals surface area (Å²) >= 11 is 0. The van der Waals surface area contributed by atoms with Crippen molar-refractivity contribution in [1.82, 2.24) is 19.9 Å². The minimum absolute atomic E-state index is 0.150. The van der Waals surface area contributed by atoms with Gasteiger partial charge in [0, 0.05) is 51.0 Å². The van der Waals surface area contributed by atoms with Gasteiger partial charge in [-0.1, -0.05) is 6.07 Å². The van der Waals surface area contributed by atoms with Crippen LogP contribution in [0.2, 0.25) is 0 Å². The van der Waals surface area contributed by atoms with Crippen LogP contribution < -0.4 is 4.90 Å². The number of hydrogen-bond donors (Lipinski definition) is 0. The van der Waals surface area contributed by atoms with Crippen LogP contribution in [0.3, 0.4) is 0 Å². The lowest BCUT2D eigenvalue weighted by molar-refractivity contribution is -0.130. The van der Waals surface area contributed by atoms with Crippen molar-refractivity contribution in [3.05, 3.63) is 48.5 Å². The van der Waals surface area contributed by atoms with Gasteiger partial charge in [0.1, 0.15) is 0 Å². The molecule has 0 bridgehead atoms. The minimum Gasteiger partial charge on any atom is -0.339 e. The van der Waals surface area contributed by atoms with Crippen LogP contribution in [0.1, 0.15) is 5.56 Å². The van der Waals surface area contributed by atoms with Gasteiger partial charge >= 0.3 is 0 Å². The Morgan fingerprint density at radius 1 is 1.05 bits per heavy atom. The molecule has 1 amide bonds. The van der Waals surface area contributed by atoms with Gasteiger partial charge < -0.3 is 9.80 Å². The maximum atomic E-state index is 12.3. The predicted octanol–water partition coefficient (Wildman–Crippen LogP) is 0.763. The Bertz CT molecular complexity index is 582. The van der Waals surface area contributed by atoms with Crippen LogP contribution in [0, 0.1) is 0 Å². The van der Waals surface area contributed by atoms with Gasteiger partial charge in [0.15, 0.2) is 0 Å². The second kappa shape index (κ2) is 6.30. The lowest BCUT2D eigenvalue weighted by atomic mass is 10.2. The number of rotatable bonds is 3. The van der Waals surface area contributed by atoms with Gasteiger partial charge in [-0.05, 0) is 17.7 Å². The molecular formula is C15H17N5O. The molecule has 2 aromatic rings. The van der Waals surface area contributed by atoms with Crippen LogP contribution in [0.4, 0.5) is 5.95 Å². The van der Waals surface area contributed by atoms with Crippen LogP contribution in [-0.2, 0) is 11.2 Å². The summed E-state index contributed by atoms with van der Waals surface area (Å²) in [5.41, 5.74) is 0.955. The van der Waals surface area contributed by atoms with Crippen molar-refractivity contribution in [3.8, 4) is 0 Å². The summed E-state index contributed by atoms with van der Waals surface area (Å²) in [5.74, 6) is 0.883. The zero-order valence-electron chi connectivity index (χ0n) is 11.7. The summed E-state index contributed by atoms with van der Waals surface area (Å²) in [5, 5.41) is 0. The third-order valence-corrected chi connectivity index (χ3v) is 3.55. The third-order valence-electron chi connectivity index (χ3n) is 3.55. The largest absolute Gasteiger partial charge is 0.339 e. The molecule has 0 atom stereocenters. The van der Waals surface area contributed by atoms with Crippen molar-refractivity contribution in [2.45, 2.75) is 6.42 Å². The van der Waals surface area contributed by atoms with Crippen LogP contribution in [0.5, 0.6) is 0 Å². The van der Waals surface area contributed by atoms with E-state index < -0.39 is 0 Å². The van der Waals surface area contributed by atoms with Crippen LogP contribution >= 0.6 is 0 Å². The van der Waals surface area contributed by atoms with E-state index >= 15 is 0 Å². The van der Waals surface area contributed by atoms with Gasteiger partial charge in [-0.3, -0.25) is 9.78 Å². The molecule has 0 radical (unpaired) electrons. The first-order valence-electron chi connectivity index (χ1n) is 7.01. The lowest BCUT2D eigenvalue weighted by Crippen LogP contribution is -2.49. The summed E-state index contributed by atoms with van der Waals surface area (Å²) in [6, 6.07) is 5.59. The Balaban J connectivity index is 1.55. The summed E-state index contributed by atoms with van der Waals surface area (Å²) < 4.78 is 0. The Morgan fingerprint density at radius 2 is 1.81 bits per heavy atom. The van der Waals surface area contributed by atoms with Crippen molar-refractivity contribution in [2.75, 3.05) is 31.1 Å². The fraction of sp³-hybridized carbons (Fsp3) is 0.333. The molecule has 6 heteroatoms. The zero-order chi connectivity index (χ0) is 14.5. The molecule has 2 aromatic heterocycles. The van der Waals surface area contributed by atoms with E-state index in [-0.39, 0.29) is 5.91 Å². The van der Waals surface area contributed by atoms with Crippen molar-refractivity contribution in [3.63, 3.8) is 0 Å². The average Bonchev–Trinajstić information content (AvgIpc) is 2.57. The monoisotopic (exact) mass is 283 g/mol. The first kappa shape index (κ1) is 13.5. The highest BCUT2D eigenvalue weighted by molar-refractivity contribution is 5.79. The number of carbonyl (C=O) groups excluding carboxylic acids is 1. The van der Waals surface area contributed by atoms with E-state index in [2.05, 4.69) is 19.9 Å². The summed E-state index contributed by atoms with van der Waals surface area (Å²) in [4.78, 5) is 28.8. The van der Waals surface area contributed by atoms with Gasteiger partial charge in [-0.15, -0.1) is 0 Å². The van der Waals surface area contributed by atoms with Crippen molar-refractivity contribution in [2.24, 2.45) is 0 Å². The Kier molecular flexibility index (Phi) is 4.04. The molecular weight excluding hydrogens is 266 g/mol. The molecule has 1 aliphatic rings. The second-order valence-electron chi connectivity index (χ2n) is 4.95. The number of piperazine rings is 1. The SMILES string of the molecule is O=C(Cc1cccnc1)N1CCN(c2ncccn2)CC1. The second-order valence-corrected chi connectivity index (χ2v) is 4.95. The van der Waals surface area contributed by atoms with Crippen LogP contribution in [-0.4, -0.2) is 51.9 Å². The number of carbonyl (C=O) groups is 1. The van der Waals surface area contributed by atoms with Gasteiger partial charge in [0.05, 0.1) is 6.42 Å². The molecule has 3 rings (SSSR count). The normalized spacial score (nSPS) is 15.0. The number of aromatic nitrogens is 3. The highest BCUT2D eigenvalue weighted by Gasteiger charge is 2.22. The molecule has 0 N–H and O–H groups in total. The van der Waals surface area contributed by atoms with Crippen molar-refractivity contribution >= 4 is 11.9 Å². The Labute approximate surface area is 123 Å². The number of hydrogen-bond acceptors (Lipinski definition) is 5. The van der Waals surface area contributed by atoms with Crippen molar-refractivity contribution in [1.29, 1.82) is 0 Å². The number of nitrogens with zero attached hydrogens (tertiary/aromatic N) is 5. The van der Waals surface area contributed by atoms with E-state index in [1.54, 1.807) is 30.9 Å². The van der Waals surface area contributed by atoms with E-state index in [4.69, 9.17) is 0 Å². The minimum atomic E-state index is 0.150. The summed E-state index contributed by atoms with van der Waals surface area (Å²) in [7, 11) is 0. The van der Waals surface area contributed by atoms with Crippen LogP contribution in [0.25, 0.3) is 0 Å². The molecule has 0 saturated carbocycles. The van der Waals surface area contributed by atoms with Gasteiger partial charge in [0.25, 0.3) is 0 Å². The molecule has 1 fully saturated rings. The predicted molar refractivity (Wildman–Crippen MR) is 78.8 cm³/mol. The number of amides is 1. The molecule has 6 nitrogen and oxygen atoms in total. The van der Waals surface area contributed by atoms with E-state index in [0.717, 1.165) is 24.6 Å². The molecule has 3 heterocycles.